The summed E-state index contributed by atoms with van der Waals surface area (Å²) in [4.78, 5) is 13.9. The second-order valence-corrected chi connectivity index (χ2v) is 7.95. The minimum absolute atomic E-state index is 0.222. The Labute approximate surface area is 142 Å². The Morgan fingerprint density at radius 3 is 3.00 bits per heavy atom. The number of ether oxygens (including phenoxy) is 1. The lowest BCUT2D eigenvalue weighted by atomic mass is 9.98. The molecule has 2 heterocycles. The van der Waals surface area contributed by atoms with E-state index in [0.717, 1.165) is 38.0 Å². The highest BCUT2D eigenvalue weighted by Crippen LogP contribution is 2.19. The predicted molar refractivity (Wildman–Crippen MR) is 92.7 cm³/mol. The molecule has 6 heteroatoms. The largest absolute Gasteiger partial charge is 0.444 e. The molecule has 2 unspecified atom stereocenters. The number of thiophene rings is 1. The van der Waals surface area contributed by atoms with Crippen molar-refractivity contribution in [1.82, 2.24) is 10.2 Å². The first-order valence-corrected chi connectivity index (χ1v) is 9.18. The average Bonchev–Trinajstić information content (AvgIpc) is 3.00. The Balaban J connectivity index is 1.72. The Morgan fingerprint density at radius 2 is 2.35 bits per heavy atom. The molecule has 1 aliphatic heterocycles. The van der Waals surface area contributed by atoms with Crippen molar-refractivity contribution in [1.29, 1.82) is 0 Å². The van der Waals surface area contributed by atoms with Gasteiger partial charge < -0.3 is 20.1 Å². The Morgan fingerprint density at radius 1 is 1.57 bits per heavy atom. The van der Waals surface area contributed by atoms with Crippen LogP contribution in [0.3, 0.4) is 0 Å². The van der Waals surface area contributed by atoms with Crippen LogP contribution in [0.25, 0.3) is 0 Å². The summed E-state index contributed by atoms with van der Waals surface area (Å²) in [5, 5.41) is 17.3. The van der Waals surface area contributed by atoms with Crippen LogP contribution in [0.1, 0.15) is 45.3 Å². The number of nitrogens with one attached hydrogen (secondary N) is 1. The third-order valence-corrected chi connectivity index (χ3v) is 4.57. The van der Waals surface area contributed by atoms with Crippen molar-refractivity contribution >= 4 is 17.4 Å². The van der Waals surface area contributed by atoms with Gasteiger partial charge in [0.2, 0.25) is 0 Å². The molecule has 1 aliphatic rings. The van der Waals surface area contributed by atoms with Gasteiger partial charge in [-0.05, 0) is 68.5 Å². The van der Waals surface area contributed by atoms with Gasteiger partial charge in [-0.15, -0.1) is 0 Å². The number of hydrogen-bond donors (Lipinski definition) is 2. The van der Waals surface area contributed by atoms with Gasteiger partial charge in [0, 0.05) is 19.6 Å². The molecule has 130 valence electrons. The van der Waals surface area contributed by atoms with Crippen LogP contribution >= 0.6 is 11.3 Å². The predicted octanol–water partition coefficient (Wildman–Crippen LogP) is 3.02. The van der Waals surface area contributed by atoms with Crippen LogP contribution in [-0.2, 0) is 4.74 Å². The molecule has 0 aromatic carbocycles. The molecule has 0 bridgehead atoms. The van der Waals surface area contributed by atoms with Crippen LogP contribution in [-0.4, -0.2) is 47.9 Å². The molecule has 0 saturated carbocycles. The standard InChI is InChI=1S/C17H28N2O3S/c1-17(2,3)22-16(21)19-7-4-5-13(11-19)9-18-10-15(20)14-6-8-23-12-14/h6,8,12-13,15,18,20H,4-5,7,9-11H2,1-3H3. The van der Waals surface area contributed by atoms with E-state index in [2.05, 4.69) is 5.32 Å². The maximum atomic E-state index is 12.1. The van der Waals surface area contributed by atoms with Gasteiger partial charge in [-0.3, -0.25) is 0 Å². The highest BCUT2D eigenvalue weighted by molar-refractivity contribution is 7.07. The number of carbonyl (C=O) groups excluding carboxylic acids is 1. The number of amides is 1. The fourth-order valence-electron chi connectivity index (χ4n) is 2.73. The van der Waals surface area contributed by atoms with Gasteiger partial charge in [0.25, 0.3) is 0 Å². The summed E-state index contributed by atoms with van der Waals surface area (Å²) >= 11 is 1.59. The van der Waals surface area contributed by atoms with E-state index in [1.807, 2.05) is 37.6 Å². The molecule has 1 aromatic rings. The van der Waals surface area contributed by atoms with Crippen LogP contribution in [0.4, 0.5) is 4.79 Å². The molecule has 2 atom stereocenters. The quantitative estimate of drug-likeness (QED) is 0.865. The fraction of sp³-hybridized carbons (Fsp3) is 0.706. The van der Waals surface area contributed by atoms with Crippen LogP contribution < -0.4 is 5.32 Å². The normalized spacial score (nSPS) is 20.3. The molecule has 23 heavy (non-hydrogen) atoms. The molecule has 2 rings (SSSR count). The smallest absolute Gasteiger partial charge is 0.410 e. The average molecular weight is 340 g/mol. The molecule has 1 fully saturated rings. The van der Waals surface area contributed by atoms with Crippen molar-refractivity contribution in [2.24, 2.45) is 5.92 Å². The van der Waals surface area contributed by atoms with Gasteiger partial charge in [-0.25, -0.2) is 4.79 Å². The number of piperidine rings is 1. The summed E-state index contributed by atoms with van der Waals surface area (Å²) in [6.45, 7) is 8.50. The first kappa shape index (κ1) is 18.2. The molecular weight excluding hydrogens is 312 g/mol. The number of hydrogen-bond acceptors (Lipinski definition) is 5. The van der Waals surface area contributed by atoms with Crippen molar-refractivity contribution in [3.8, 4) is 0 Å². The third kappa shape index (κ3) is 6.12. The summed E-state index contributed by atoms with van der Waals surface area (Å²) in [6.07, 6.45) is 1.41. The van der Waals surface area contributed by atoms with Crippen LogP contribution in [0, 0.1) is 5.92 Å². The van der Waals surface area contributed by atoms with E-state index in [-0.39, 0.29) is 6.09 Å². The Hall–Kier alpha value is -1.11. The molecule has 0 spiro atoms. The molecule has 0 aliphatic carbocycles. The highest BCUT2D eigenvalue weighted by Gasteiger charge is 2.27. The van der Waals surface area contributed by atoms with Crippen LogP contribution in [0.15, 0.2) is 16.8 Å². The third-order valence-electron chi connectivity index (χ3n) is 3.87. The minimum atomic E-state index is -0.466. The summed E-state index contributed by atoms with van der Waals surface area (Å²) in [7, 11) is 0. The summed E-state index contributed by atoms with van der Waals surface area (Å²) in [5.41, 5.74) is 0.508. The maximum Gasteiger partial charge on any atom is 0.410 e. The molecule has 1 amide bonds. The van der Waals surface area contributed by atoms with Crippen molar-refractivity contribution in [3.63, 3.8) is 0 Å². The lowest BCUT2D eigenvalue weighted by molar-refractivity contribution is 0.0164. The van der Waals surface area contributed by atoms with Crippen molar-refractivity contribution < 1.29 is 14.6 Å². The van der Waals surface area contributed by atoms with E-state index < -0.39 is 11.7 Å². The van der Waals surface area contributed by atoms with Gasteiger partial charge >= 0.3 is 6.09 Å². The van der Waals surface area contributed by atoms with Gasteiger partial charge in [-0.1, -0.05) is 0 Å². The van der Waals surface area contributed by atoms with Gasteiger partial charge in [-0.2, -0.15) is 11.3 Å². The van der Waals surface area contributed by atoms with E-state index in [1.54, 1.807) is 16.2 Å². The Bertz CT molecular complexity index is 485. The number of nitrogens with zero attached hydrogens (tertiary/aromatic N) is 1. The monoisotopic (exact) mass is 340 g/mol. The van der Waals surface area contributed by atoms with Crippen LogP contribution in [0.5, 0.6) is 0 Å². The van der Waals surface area contributed by atoms with E-state index in [4.69, 9.17) is 4.74 Å². The first-order chi connectivity index (χ1) is 10.8. The summed E-state index contributed by atoms with van der Waals surface area (Å²) in [6, 6.07) is 1.95. The zero-order valence-corrected chi connectivity index (χ0v) is 15.1. The van der Waals surface area contributed by atoms with Gasteiger partial charge in [0.05, 0.1) is 6.10 Å². The molecular formula is C17H28N2O3S. The SMILES string of the molecule is CC(C)(C)OC(=O)N1CCCC(CNCC(O)c2ccsc2)C1. The second kappa shape index (κ2) is 8.13. The molecule has 0 radical (unpaired) electrons. The number of aliphatic hydroxyl groups is 1. The molecule has 1 saturated heterocycles. The lowest BCUT2D eigenvalue weighted by Gasteiger charge is -2.34. The van der Waals surface area contributed by atoms with Gasteiger partial charge in [0.1, 0.15) is 5.60 Å². The highest BCUT2D eigenvalue weighted by atomic mass is 32.1. The van der Waals surface area contributed by atoms with E-state index in [0.29, 0.717) is 12.5 Å². The molecule has 1 aromatic heterocycles. The zero-order valence-electron chi connectivity index (χ0n) is 14.2. The minimum Gasteiger partial charge on any atom is -0.444 e. The topological polar surface area (TPSA) is 61.8 Å². The van der Waals surface area contributed by atoms with Gasteiger partial charge in [0.15, 0.2) is 0 Å². The molecule has 5 nitrogen and oxygen atoms in total. The number of aliphatic hydroxyl groups excluding tert-OH is 1. The fourth-order valence-corrected chi connectivity index (χ4v) is 3.44. The lowest BCUT2D eigenvalue weighted by Crippen LogP contribution is -2.45. The van der Waals surface area contributed by atoms with E-state index in [9.17, 15) is 9.90 Å². The van der Waals surface area contributed by atoms with Crippen molar-refractivity contribution in [3.05, 3.63) is 22.4 Å². The summed E-state index contributed by atoms with van der Waals surface area (Å²) in [5.74, 6) is 0.408. The Kier molecular flexibility index (Phi) is 6.44. The maximum absolute atomic E-state index is 12.1. The van der Waals surface area contributed by atoms with E-state index >= 15 is 0 Å². The number of likely N-dealkylation sites (tertiary alicyclic amines) is 1. The van der Waals surface area contributed by atoms with E-state index in [1.165, 1.54) is 0 Å². The van der Waals surface area contributed by atoms with Crippen molar-refractivity contribution in [2.45, 2.75) is 45.3 Å². The zero-order chi connectivity index (χ0) is 16.9. The summed E-state index contributed by atoms with van der Waals surface area (Å²) < 4.78 is 5.44. The second-order valence-electron chi connectivity index (χ2n) is 7.17. The first-order valence-electron chi connectivity index (χ1n) is 8.24. The van der Waals surface area contributed by atoms with Crippen molar-refractivity contribution in [2.75, 3.05) is 26.2 Å². The number of carbonyl (C=O) groups is 1. The molecule has 2 N–H and O–H groups in total. The number of rotatable bonds is 5. The van der Waals surface area contributed by atoms with Crippen LogP contribution in [0.2, 0.25) is 0 Å².